The van der Waals surface area contributed by atoms with Gasteiger partial charge in [0.25, 0.3) is 5.91 Å². The Labute approximate surface area is 149 Å². The fourth-order valence-corrected chi connectivity index (χ4v) is 2.56. The molecule has 2 aromatic carbocycles. The second-order valence-electron chi connectivity index (χ2n) is 5.96. The van der Waals surface area contributed by atoms with Gasteiger partial charge in [0.15, 0.2) is 5.69 Å². The quantitative estimate of drug-likeness (QED) is 0.682. The number of halogens is 2. The van der Waals surface area contributed by atoms with Crippen molar-refractivity contribution in [2.45, 2.75) is 13.0 Å². The van der Waals surface area contributed by atoms with E-state index in [0.717, 1.165) is 12.0 Å². The molecule has 1 aromatic heterocycles. The smallest absolute Gasteiger partial charge is 0.275 e. The van der Waals surface area contributed by atoms with Crippen molar-refractivity contribution < 1.29 is 13.6 Å². The Hall–Kier alpha value is -3.09. The predicted molar refractivity (Wildman–Crippen MR) is 92.6 cm³/mol. The standard InChI is InChI=1S/C19H18F2N4O/c1-24(11-10-14-6-3-2-4-7-14)19(26)18-13-25(23-22-18)12-15-16(20)8-5-9-17(15)21/h2-9,13H,10-12H2,1H3. The number of likely N-dealkylation sites (N-methyl/N-ethyl adjacent to an activating group) is 1. The average Bonchev–Trinajstić information content (AvgIpc) is 3.12. The predicted octanol–water partition coefficient (Wildman–Crippen LogP) is 2.92. The molecule has 0 aliphatic carbocycles. The molecule has 3 aromatic rings. The number of hydrogen-bond donors (Lipinski definition) is 0. The molecule has 0 unspecified atom stereocenters. The monoisotopic (exact) mass is 356 g/mol. The summed E-state index contributed by atoms with van der Waals surface area (Å²) in [7, 11) is 1.68. The minimum Gasteiger partial charge on any atom is -0.340 e. The molecule has 5 nitrogen and oxygen atoms in total. The van der Waals surface area contributed by atoms with Crippen molar-refractivity contribution in [3.63, 3.8) is 0 Å². The van der Waals surface area contributed by atoms with Crippen LogP contribution in [0.15, 0.2) is 54.7 Å². The summed E-state index contributed by atoms with van der Waals surface area (Å²) < 4.78 is 28.7. The maximum atomic E-state index is 13.7. The molecule has 0 aliphatic heterocycles. The zero-order valence-electron chi connectivity index (χ0n) is 14.3. The third-order valence-electron chi connectivity index (χ3n) is 4.06. The molecule has 0 saturated carbocycles. The van der Waals surface area contributed by atoms with Gasteiger partial charge in [-0.15, -0.1) is 5.10 Å². The summed E-state index contributed by atoms with van der Waals surface area (Å²) in [6.45, 7) is 0.393. The molecule has 3 rings (SSSR count). The largest absolute Gasteiger partial charge is 0.340 e. The van der Waals surface area contributed by atoms with E-state index in [4.69, 9.17) is 0 Å². The van der Waals surface area contributed by atoms with E-state index in [1.165, 1.54) is 29.1 Å². The highest BCUT2D eigenvalue weighted by molar-refractivity contribution is 5.91. The Kier molecular flexibility index (Phi) is 5.36. The fraction of sp³-hybridized carbons (Fsp3) is 0.211. The van der Waals surface area contributed by atoms with Gasteiger partial charge in [0.05, 0.1) is 12.7 Å². The lowest BCUT2D eigenvalue weighted by molar-refractivity contribution is 0.0790. The van der Waals surface area contributed by atoms with E-state index < -0.39 is 11.6 Å². The second-order valence-corrected chi connectivity index (χ2v) is 5.96. The molecule has 0 spiro atoms. The Morgan fingerprint density at radius 1 is 1.08 bits per heavy atom. The summed E-state index contributed by atoms with van der Waals surface area (Å²) in [4.78, 5) is 14.0. The number of carbonyl (C=O) groups is 1. The highest BCUT2D eigenvalue weighted by Crippen LogP contribution is 2.13. The van der Waals surface area contributed by atoms with Crippen LogP contribution in [-0.2, 0) is 13.0 Å². The molecular formula is C19H18F2N4O. The molecule has 0 aliphatic rings. The van der Waals surface area contributed by atoms with E-state index >= 15 is 0 Å². The van der Waals surface area contributed by atoms with Crippen LogP contribution in [0.2, 0.25) is 0 Å². The normalized spacial score (nSPS) is 10.7. The molecule has 7 heteroatoms. The number of rotatable bonds is 6. The van der Waals surface area contributed by atoms with Crippen LogP contribution >= 0.6 is 0 Å². The van der Waals surface area contributed by atoms with E-state index in [0.29, 0.717) is 6.54 Å². The maximum absolute atomic E-state index is 13.7. The summed E-state index contributed by atoms with van der Waals surface area (Å²) in [5, 5.41) is 7.63. The lowest BCUT2D eigenvalue weighted by Gasteiger charge is -2.15. The summed E-state index contributed by atoms with van der Waals surface area (Å²) in [6.07, 6.45) is 2.12. The van der Waals surface area contributed by atoms with Gasteiger partial charge in [-0.05, 0) is 24.1 Å². The van der Waals surface area contributed by atoms with Crippen molar-refractivity contribution in [2.24, 2.45) is 0 Å². The summed E-state index contributed by atoms with van der Waals surface area (Å²) in [5.74, 6) is -1.61. The third-order valence-corrected chi connectivity index (χ3v) is 4.06. The van der Waals surface area contributed by atoms with Crippen LogP contribution < -0.4 is 0 Å². The topological polar surface area (TPSA) is 51.0 Å². The van der Waals surface area contributed by atoms with Crippen molar-refractivity contribution in [1.82, 2.24) is 19.9 Å². The Bertz CT molecular complexity index is 875. The fourth-order valence-electron chi connectivity index (χ4n) is 2.56. The number of amides is 1. The number of benzene rings is 2. The van der Waals surface area contributed by atoms with E-state index in [1.54, 1.807) is 11.9 Å². The first kappa shape index (κ1) is 17.7. The van der Waals surface area contributed by atoms with Crippen LogP contribution in [0.1, 0.15) is 21.6 Å². The first-order chi connectivity index (χ1) is 12.5. The molecule has 1 heterocycles. The first-order valence-electron chi connectivity index (χ1n) is 8.17. The van der Waals surface area contributed by atoms with Gasteiger partial charge in [0.2, 0.25) is 0 Å². The van der Waals surface area contributed by atoms with Gasteiger partial charge in [-0.25, -0.2) is 13.5 Å². The zero-order valence-corrected chi connectivity index (χ0v) is 14.3. The van der Waals surface area contributed by atoms with Crippen LogP contribution in [0.3, 0.4) is 0 Å². The van der Waals surface area contributed by atoms with E-state index in [2.05, 4.69) is 10.3 Å². The maximum Gasteiger partial charge on any atom is 0.275 e. The van der Waals surface area contributed by atoms with Crippen LogP contribution in [0.25, 0.3) is 0 Å². The SMILES string of the molecule is CN(CCc1ccccc1)C(=O)c1cn(Cc2c(F)cccc2F)nn1. The molecule has 0 radical (unpaired) electrons. The highest BCUT2D eigenvalue weighted by atomic mass is 19.1. The van der Waals surface area contributed by atoms with Crippen molar-refractivity contribution in [1.29, 1.82) is 0 Å². The molecule has 0 fully saturated rings. The Morgan fingerprint density at radius 3 is 2.46 bits per heavy atom. The number of carbonyl (C=O) groups excluding carboxylic acids is 1. The van der Waals surface area contributed by atoms with Crippen molar-refractivity contribution >= 4 is 5.91 Å². The van der Waals surface area contributed by atoms with Gasteiger partial charge < -0.3 is 4.90 Å². The van der Waals surface area contributed by atoms with Gasteiger partial charge in [0, 0.05) is 19.2 Å². The van der Waals surface area contributed by atoms with Crippen molar-refractivity contribution in [3.05, 3.63) is 83.2 Å². The first-order valence-corrected chi connectivity index (χ1v) is 8.17. The molecule has 134 valence electrons. The number of aromatic nitrogens is 3. The van der Waals surface area contributed by atoms with Crippen molar-refractivity contribution in [2.75, 3.05) is 13.6 Å². The average molecular weight is 356 g/mol. The van der Waals surface area contributed by atoms with Gasteiger partial charge in [0.1, 0.15) is 11.6 Å². The number of nitrogens with zero attached hydrogens (tertiary/aromatic N) is 4. The summed E-state index contributed by atoms with van der Waals surface area (Å²) in [6, 6.07) is 13.5. The van der Waals surface area contributed by atoms with Gasteiger partial charge in [-0.3, -0.25) is 4.79 Å². The summed E-state index contributed by atoms with van der Waals surface area (Å²) >= 11 is 0. The Morgan fingerprint density at radius 2 is 1.77 bits per heavy atom. The second kappa shape index (κ2) is 7.86. The lowest BCUT2D eigenvalue weighted by atomic mass is 10.1. The molecule has 0 saturated heterocycles. The van der Waals surface area contributed by atoms with E-state index in [-0.39, 0.29) is 23.7 Å². The minimum absolute atomic E-state index is 0.117. The molecule has 1 amide bonds. The van der Waals surface area contributed by atoms with Crippen LogP contribution in [0, 0.1) is 11.6 Å². The van der Waals surface area contributed by atoms with Crippen LogP contribution in [-0.4, -0.2) is 39.4 Å². The molecular weight excluding hydrogens is 338 g/mol. The van der Waals surface area contributed by atoms with Crippen LogP contribution in [0.4, 0.5) is 8.78 Å². The lowest BCUT2D eigenvalue weighted by Crippen LogP contribution is -2.29. The van der Waals surface area contributed by atoms with Crippen molar-refractivity contribution in [3.8, 4) is 0 Å². The third kappa shape index (κ3) is 4.11. The Balaban J connectivity index is 1.64. The molecule has 26 heavy (non-hydrogen) atoms. The zero-order chi connectivity index (χ0) is 18.5. The molecule has 0 bridgehead atoms. The summed E-state index contributed by atoms with van der Waals surface area (Å²) in [5.41, 5.74) is 1.15. The molecule has 0 N–H and O–H groups in total. The highest BCUT2D eigenvalue weighted by Gasteiger charge is 2.17. The molecule has 0 atom stereocenters. The van der Waals surface area contributed by atoms with E-state index in [1.807, 2.05) is 30.3 Å². The van der Waals surface area contributed by atoms with E-state index in [9.17, 15) is 13.6 Å². The van der Waals surface area contributed by atoms with Gasteiger partial charge in [-0.2, -0.15) is 0 Å². The van der Waals surface area contributed by atoms with Crippen LogP contribution in [0.5, 0.6) is 0 Å². The minimum atomic E-state index is -0.659. The van der Waals surface area contributed by atoms with Gasteiger partial charge in [-0.1, -0.05) is 41.6 Å². The number of hydrogen-bond acceptors (Lipinski definition) is 3. The van der Waals surface area contributed by atoms with Gasteiger partial charge >= 0.3 is 0 Å².